The maximum atomic E-state index is 12.4. The van der Waals surface area contributed by atoms with Gasteiger partial charge < -0.3 is 9.80 Å². The van der Waals surface area contributed by atoms with Gasteiger partial charge in [-0.15, -0.1) is 11.6 Å². The number of aromatic nitrogens is 4. The molecule has 0 radical (unpaired) electrons. The molecule has 1 fully saturated rings. The number of benzene rings is 1. The molecule has 1 aliphatic rings. The highest BCUT2D eigenvalue weighted by atomic mass is 35.5. The number of nitrogens with zero attached hydrogens (tertiary/aromatic N) is 6. The molecule has 1 saturated heterocycles. The Kier molecular flexibility index (Phi) is 6.94. The maximum Gasteiger partial charge on any atom is 0.240 e. The molecule has 1 amide bonds. The summed E-state index contributed by atoms with van der Waals surface area (Å²) in [4.78, 5) is 26.5. The van der Waals surface area contributed by atoms with Crippen molar-refractivity contribution < 1.29 is 4.79 Å². The molecule has 0 bridgehead atoms. The highest BCUT2D eigenvalue weighted by Gasteiger charge is 2.25. The summed E-state index contributed by atoms with van der Waals surface area (Å²) in [6.45, 7) is 8.98. The minimum Gasteiger partial charge on any atom is -0.354 e. The summed E-state index contributed by atoms with van der Waals surface area (Å²) in [5.41, 5.74) is 1.80. The van der Waals surface area contributed by atoms with Gasteiger partial charge in [0.15, 0.2) is 5.65 Å². The van der Waals surface area contributed by atoms with Crippen molar-refractivity contribution in [2.24, 2.45) is 0 Å². The lowest BCUT2D eigenvalue weighted by Gasteiger charge is -2.24. The molecule has 32 heavy (non-hydrogen) atoms. The number of para-hydroxylation sites is 1. The maximum absolute atomic E-state index is 12.4. The molecule has 3 heterocycles. The number of hydrogen-bond acceptors (Lipinski definition) is 5. The van der Waals surface area contributed by atoms with Gasteiger partial charge in [0.25, 0.3) is 0 Å². The van der Waals surface area contributed by atoms with E-state index in [1.165, 1.54) is 0 Å². The summed E-state index contributed by atoms with van der Waals surface area (Å²) in [5.74, 6) is 2.00. The standard InChI is InChI=1S/C24H31ClN6O/c1-4-9-17(2)21-27-22(29-12-8-13-30(15-14-29)24(32)18(3)25)20-16-26-31(23(20)28-21)19-10-6-5-7-11-19/h5-7,10-11,16-18H,4,8-9,12-15H2,1-3H3/t17-,18+/m1/s1. The summed E-state index contributed by atoms with van der Waals surface area (Å²) in [6, 6.07) is 10.1. The molecular weight excluding hydrogens is 424 g/mol. The van der Waals surface area contributed by atoms with Crippen LogP contribution in [0.25, 0.3) is 16.7 Å². The second kappa shape index (κ2) is 9.86. The van der Waals surface area contributed by atoms with Crippen molar-refractivity contribution in [3.05, 3.63) is 42.4 Å². The average Bonchev–Trinajstić information content (AvgIpc) is 3.08. The molecule has 8 heteroatoms. The van der Waals surface area contributed by atoms with Crippen LogP contribution in [0.1, 0.15) is 51.8 Å². The number of halogens is 1. The van der Waals surface area contributed by atoms with Crippen molar-refractivity contribution in [1.29, 1.82) is 0 Å². The van der Waals surface area contributed by atoms with E-state index >= 15 is 0 Å². The fourth-order valence-corrected chi connectivity index (χ4v) is 4.43. The SMILES string of the molecule is CCC[C@@H](C)c1nc(N2CCCN(C(=O)[C@H](C)Cl)CC2)c2cnn(-c3ccccc3)c2n1. The van der Waals surface area contributed by atoms with Gasteiger partial charge in [-0.3, -0.25) is 4.79 Å². The number of amides is 1. The highest BCUT2D eigenvalue weighted by Crippen LogP contribution is 2.29. The number of anilines is 1. The van der Waals surface area contributed by atoms with E-state index in [4.69, 9.17) is 21.6 Å². The predicted molar refractivity (Wildman–Crippen MR) is 129 cm³/mol. The number of hydrogen-bond donors (Lipinski definition) is 0. The van der Waals surface area contributed by atoms with Crippen molar-refractivity contribution >= 4 is 34.4 Å². The van der Waals surface area contributed by atoms with Crippen molar-refractivity contribution in [2.75, 3.05) is 31.1 Å². The van der Waals surface area contributed by atoms with Crippen LogP contribution in [0.4, 0.5) is 5.82 Å². The minimum absolute atomic E-state index is 0.00416. The Morgan fingerprint density at radius 3 is 2.59 bits per heavy atom. The number of carbonyl (C=O) groups excluding carboxylic acids is 1. The van der Waals surface area contributed by atoms with E-state index in [2.05, 4.69) is 23.8 Å². The Bertz CT molecular complexity index is 1070. The van der Waals surface area contributed by atoms with Gasteiger partial charge in [-0.1, -0.05) is 38.5 Å². The van der Waals surface area contributed by atoms with Crippen molar-refractivity contribution in [1.82, 2.24) is 24.6 Å². The van der Waals surface area contributed by atoms with E-state index in [-0.39, 0.29) is 11.8 Å². The van der Waals surface area contributed by atoms with Crippen LogP contribution in [0, 0.1) is 0 Å². The molecule has 2 atom stereocenters. The summed E-state index contributed by atoms with van der Waals surface area (Å²) >= 11 is 6.06. The molecule has 170 valence electrons. The second-order valence-corrected chi connectivity index (χ2v) is 9.16. The lowest BCUT2D eigenvalue weighted by atomic mass is 10.1. The molecule has 7 nitrogen and oxygen atoms in total. The van der Waals surface area contributed by atoms with Crippen LogP contribution in [0.15, 0.2) is 36.5 Å². The summed E-state index contributed by atoms with van der Waals surface area (Å²) < 4.78 is 1.89. The Hall–Kier alpha value is -2.67. The Balaban J connectivity index is 1.74. The third-order valence-corrected chi connectivity index (χ3v) is 6.22. The first-order valence-corrected chi connectivity index (χ1v) is 11.9. The van der Waals surface area contributed by atoms with E-state index in [9.17, 15) is 4.79 Å². The van der Waals surface area contributed by atoms with E-state index < -0.39 is 5.38 Å². The fourth-order valence-electron chi connectivity index (χ4n) is 4.29. The molecule has 1 aromatic carbocycles. The zero-order valence-corrected chi connectivity index (χ0v) is 19.8. The number of carbonyl (C=O) groups is 1. The fraction of sp³-hybridized carbons (Fsp3) is 0.500. The Morgan fingerprint density at radius 2 is 1.88 bits per heavy atom. The van der Waals surface area contributed by atoms with Crippen LogP contribution in [-0.4, -0.2) is 62.1 Å². The zero-order valence-electron chi connectivity index (χ0n) is 19.0. The van der Waals surface area contributed by atoms with Gasteiger partial charge in [0.1, 0.15) is 17.0 Å². The third-order valence-electron chi connectivity index (χ3n) is 6.04. The van der Waals surface area contributed by atoms with Crippen LogP contribution in [-0.2, 0) is 4.79 Å². The minimum atomic E-state index is -0.502. The van der Waals surface area contributed by atoms with Gasteiger partial charge in [-0.2, -0.15) is 5.10 Å². The molecule has 0 aliphatic carbocycles. The van der Waals surface area contributed by atoms with Crippen LogP contribution >= 0.6 is 11.6 Å². The molecular formula is C24H31ClN6O. The quantitative estimate of drug-likeness (QED) is 0.517. The van der Waals surface area contributed by atoms with Gasteiger partial charge in [-0.25, -0.2) is 14.6 Å². The smallest absolute Gasteiger partial charge is 0.240 e. The van der Waals surface area contributed by atoms with E-state index in [1.807, 2.05) is 46.1 Å². The normalized spacial score (nSPS) is 16.8. The second-order valence-electron chi connectivity index (χ2n) is 8.51. The van der Waals surface area contributed by atoms with Gasteiger partial charge in [0, 0.05) is 32.1 Å². The van der Waals surface area contributed by atoms with Crippen LogP contribution < -0.4 is 4.90 Å². The van der Waals surface area contributed by atoms with E-state index in [0.29, 0.717) is 19.6 Å². The van der Waals surface area contributed by atoms with Gasteiger partial charge >= 0.3 is 0 Å². The molecule has 0 spiro atoms. The first-order valence-electron chi connectivity index (χ1n) is 11.5. The number of fused-ring (bicyclic) bond motifs is 1. The number of rotatable bonds is 6. The first kappa shape index (κ1) is 22.5. The predicted octanol–water partition coefficient (Wildman–Crippen LogP) is 4.39. The van der Waals surface area contributed by atoms with Crippen molar-refractivity contribution in [3.8, 4) is 5.69 Å². The molecule has 4 rings (SSSR count). The Labute approximate surface area is 194 Å². The summed E-state index contributed by atoms with van der Waals surface area (Å²) in [5, 5.41) is 5.10. The van der Waals surface area contributed by atoms with E-state index in [0.717, 1.165) is 54.2 Å². The molecule has 0 saturated carbocycles. The van der Waals surface area contributed by atoms with Gasteiger partial charge in [0.05, 0.1) is 17.3 Å². The Morgan fingerprint density at radius 1 is 1.09 bits per heavy atom. The number of alkyl halides is 1. The van der Waals surface area contributed by atoms with E-state index in [1.54, 1.807) is 6.92 Å². The first-order chi connectivity index (χ1) is 15.5. The van der Waals surface area contributed by atoms with Crippen LogP contribution in [0.5, 0.6) is 0 Å². The lowest BCUT2D eigenvalue weighted by Crippen LogP contribution is -2.38. The monoisotopic (exact) mass is 454 g/mol. The van der Waals surface area contributed by atoms with Gasteiger partial charge in [0.2, 0.25) is 5.91 Å². The molecule has 0 unspecified atom stereocenters. The molecule has 2 aromatic heterocycles. The summed E-state index contributed by atoms with van der Waals surface area (Å²) in [7, 11) is 0. The molecule has 1 aliphatic heterocycles. The van der Waals surface area contributed by atoms with Crippen LogP contribution in [0.3, 0.4) is 0 Å². The lowest BCUT2D eigenvalue weighted by molar-refractivity contribution is -0.130. The molecule has 3 aromatic rings. The van der Waals surface area contributed by atoms with Crippen molar-refractivity contribution in [3.63, 3.8) is 0 Å². The average molecular weight is 455 g/mol. The zero-order chi connectivity index (χ0) is 22.7. The van der Waals surface area contributed by atoms with Crippen molar-refractivity contribution in [2.45, 2.75) is 51.3 Å². The topological polar surface area (TPSA) is 67.2 Å². The molecule has 0 N–H and O–H groups in total. The van der Waals surface area contributed by atoms with Crippen LogP contribution in [0.2, 0.25) is 0 Å². The summed E-state index contributed by atoms with van der Waals surface area (Å²) in [6.07, 6.45) is 4.83. The highest BCUT2D eigenvalue weighted by molar-refractivity contribution is 6.30. The van der Waals surface area contributed by atoms with Gasteiger partial charge in [-0.05, 0) is 31.9 Å². The third kappa shape index (κ3) is 4.58. The largest absolute Gasteiger partial charge is 0.354 e.